The molecule has 1 atom stereocenters. The smallest absolute Gasteiger partial charge is 0.248 e. The second kappa shape index (κ2) is 4.19. The van der Waals surface area contributed by atoms with E-state index in [-0.39, 0.29) is 5.56 Å². The van der Waals surface area contributed by atoms with Gasteiger partial charge < -0.3 is 4.98 Å². The van der Waals surface area contributed by atoms with Crippen LogP contribution in [0.2, 0.25) is 0 Å². The molecule has 1 aromatic heterocycles. The minimum Gasteiger partial charge on any atom is -0.326 e. The summed E-state index contributed by atoms with van der Waals surface area (Å²) >= 11 is 0. The molecule has 2 rings (SSSR count). The number of H-pyrrole nitrogens is 1. The minimum absolute atomic E-state index is 0.00250. The summed E-state index contributed by atoms with van der Waals surface area (Å²) in [5.74, 6) is 0. The number of pyridine rings is 1. The molecule has 1 aliphatic rings. The van der Waals surface area contributed by atoms with Crippen molar-refractivity contribution in [2.45, 2.75) is 32.7 Å². The van der Waals surface area contributed by atoms with Crippen LogP contribution in [0.1, 0.15) is 37.1 Å². The zero-order valence-corrected chi connectivity index (χ0v) is 9.42. The summed E-state index contributed by atoms with van der Waals surface area (Å²) < 4.78 is 0. The maximum atomic E-state index is 11.1. The minimum atomic E-state index is -0.00250. The van der Waals surface area contributed by atoms with Crippen LogP contribution in [0.5, 0.6) is 0 Å². The maximum absolute atomic E-state index is 11.1. The van der Waals surface area contributed by atoms with Crippen LogP contribution in [0.4, 0.5) is 0 Å². The summed E-state index contributed by atoms with van der Waals surface area (Å²) in [6.07, 6.45) is 2.47. The first-order valence-corrected chi connectivity index (χ1v) is 5.66. The van der Waals surface area contributed by atoms with Gasteiger partial charge in [0.05, 0.1) is 0 Å². The van der Waals surface area contributed by atoms with Gasteiger partial charge in [-0.05, 0) is 38.4 Å². The highest BCUT2D eigenvalue weighted by molar-refractivity contribution is 5.23. The highest BCUT2D eigenvalue weighted by Gasteiger charge is 2.25. The van der Waals surface area contributed by atoms with Crippen LogP contribution in [0.25, 0.3) is 0 Å². The third kappa shape index (κ3) is 1.97. The fraction of sp³-hybridized carbons (Fsp3) is 0.583. The van der Waals surface area contributed by atoms with E-state index in [1.807, 2.05) is 13.0 Å². The van der Waals surface area contributed by atoms with Crippen LogP contribution >= 0.6 is 0 Å². The summed E-state index contributed by atoms with van der Waals surface area (Å²) in [6, 6.07) is 4.12. The van der Waals surface area contributed by atoms with E-state index >= 15 is 0 Å². The lowest BCUT2D eigenvalue weighted by atomic mass is 10.0. The van der Waals surface area contributed by atoms with Crippen molar-refractivity contribution < 1.29 is 0 Å². The van der Waals surface area contributed by atoms with Gasteiger partial charge in [0.2, 0.25) is 5.56 Å². The van der Waals surface area contributed by atoms with Crippen LogP contribution in [0.3, 0.4) is 0 Å². The van der Waals surface area contributed by atoms with E-state index in [2.05, 4.69) is 16.8 Å². The average Bonchev–Trinajstić information content (AvgIpc) is 2.65. The molecule has 0 unspecified atom stereocenters. The quantitative estimate of drug-likeness (QED) is 0.801. The molecule has 0 aromatic carbocycles. The van der Waals surface area contributed by atoms with Crippen molar-refractivity contribution in [3.63, 3.8) is 0 Å². The van der Waals surface area contributed by atoms with Gasteiger partial charge in [-0.25, -0.2) is 0 Å². The Bertz CT molecular complexity index is 397. The predicted octanol–water partition coefficient (Wildman–Crippen LogP) is 1.84. The normalized spacial score (nSPS) is 22.1. The Hall–Kier alpha value is -1.09. The lowest BCUT2D eigenvalue weighted by molar-refractivity contribution is 0.270. The topological polar surface area (TPSA) is 36.1 Å². The molecule has 82 valence electrons. The van der Waals surface area contributed by atoms with Crippen LogP contribution in [-0.4, -0.2) is 23.0 Å². The van der Waals surface area contributed by atoms with Gasteiger partial charge in [0.25, 0.3) is 0 Å². The van der Waals surface area contributed by atoms with Crippen LogP contribution < -0.4 is 5.56 Å². The number of hydrogen-bond donors (Lipinski definition) is 1. The van der Waals surface area contributed by atoms with E-state index in [1.54, 1.807) is 6.07 Å². The Morgan fingerprint density at radius 3 is 3.00 bits per heavy atom. The van der Waals surface area contributed by atoms with Crippen LogP contribution in [0, 0.1) is 6.92 Å². The van der Waals surface area contributed by atoms with Crippen LogP contribution in [0.15, 0.2) is 16.9 Å². The average molecular weight is 206 g/mol. The Labute approximate surface area is 90.1 Å². The van der Waals surface area contributed by atoms with E-state index < -0.39 is 0 Å². The van der Waals surface area contributed by atoms with Crippen molar-refractivity contribution in [1.82, 2.24) is 9.88 Å². The number of nitrogens with zero attached hydrogens (tertiary/aromatic N) is 1. The number of hydrogen-bond acceptors (Lipinski definition) is 2. The van der Waals surface area contributed by atoms with Crippen molar-refractivity contribution in [2.75, 3.05) is 13.1 Å². The first-order chi connectivity index (χ1) is 7.22. The van der Waals surface area contributed by atoms with Crippen molar-refractivity contribution in [3.8, 4) is 0 Å². The van der Waals surface area contributed by atoms with Gasteiger partial charge in [0.15, 0.2) is 0 Å². The van der Waals surface area contributed by atoms with Crippen molar-refractivity contribution >= 4 is 0 Å². The van der Waals surface area contributed by atoms with E-state index in [0.717, 1.165) is 12.2 Å². The number of aryl methyl sites for hydroxylation is 1. The molecule has 1 saturated heterocycles. The molecule has 0 spiro atoms. The summed E-state index contributed by atoms with van der Waals surface area (Å²) in [5.41, 5.74) is 2.30. The third-order valence-corrected chi connectivity index (χ3v) is 3.29. The summed E-state index contributed by atoms with van der Waals surface area (Å²) in [7, 11) is 0. The Morgan fingerprint density at radius 1 is 1.53 bits per heavy atom. The third-order valence-electron chi connectivity index (χ3n) is 3.29. The van der Waals surface area contributed by atoms with Crippen LogP contribution in [-0.2, 0) is 0 Å². The molecule has 1 aliphatic heterocycles. The van der Waals surface area contributed by atoms with Crippen molar-refractivity contribution in [3.05, 3.63) is 33.7 Å². The molecule has 1 aromatic rings. The summed E-state index contributed by atoms with van der Waals surface area (Å²) in [5, 5.41) is 0. The van der Waals surface area contributed by atoms with Gasteiger partial charge in [-0.15, -0.1) is 0 Å². The molecule has 0 bridgehead atoms. The summed E-state index contributed by atoms with van der Waals surface area (Å²) in [6.45, 7) is 6.45. The fourth-order valence-corrected chi connectivity index (χ4v) is 2.51. The number of aromatic nitrogens is 1. The number of nitrogens with one attached hydrogen (secondary N) is 1. The highest BCUT2D eigenvalue weighted by atomic mass is 16.1. The van der Waals surface area contributed by atoms with Crippen molar-refractivity contribution in [2.24, 2.45) is 0 Å². The Balaban J connectivity index is 2.32. The number of rotatable bonds is 2. The summed E-state index contributed by atoms with van der Waals surface area (Å²) in [4.78, 5) is 16.5. The fourth-order valence-electron chi connectivity index (χ4n) is 2.51. The largest absolute Gasteiger partial charge is 0.326 e. The highest BCUT2D eigenvalue weighted by Crippen LogP contribution is 2.31. The molecule has 3 nitrogen and oxygen atoms in total. The molecule has 0 aliphatic carbocycles. The zero-order chi connectivity index (χ0) is 10.8. The van der Waals surface area contributed by atoms with Gasteiger partial charge in [-0.3, -0.25) is 9.69 Å². The molecule has 0 radical (unpaired) electrons. The van der Waals surface area contributed by atoms with Gasteiger partial charge in [-0.1, -0.05) is 13.0 Å². The molecule has 1 N–H and O–H groups in total. The lowest BCUT2D eigenvalue weighted by Crippen LogP contribution is -2.24. The van der Waals surface area contributed by atoms with Gasteiger partial charge >= 0.3 is 0 Å². The Morgan fingerprint density at radius 2 is 2.33 bits per heavy atom. The second-order valence-corrected chi connectivity index (χ2v) is 4.19. The molecule has 1 fully saturated rings. The molecule has 3 heteroatoms. The van der Waals surface area contributed by atoms with E-state index in [1.165, 1.54) is 24.9 Å². The van der Waals surface area contributed by atoms with Gasteiger partial charge in [-0.2, -0.15) is 0 Å². The van der Waals surface area contributed by atoms with Gasteiger partial charge in [0, 0.05) is 17.8 Å². The molecule has 0 saturated carbocycles. The van der Waals surface area contributed by atoms with Gasteiger partial charge in [0.1, 0.15) is 0 Å². The first kappa shape index (κ1) is 10.4. The number of aromatic amines is 1. The SMILES string of the molecule is CCN1CCC[C@H]1c1ccc(=O)[nH]c1C. The predicted molar refractivity (Wildman–Crippen MR) is 61.0 cm³/mol. The Kier molecular flexibility index (Phi) is 2.91. The monoisotopic (exact) mass is 206 g/mol. The maximum Gasteiger partial charge on any atom is 0.248 e. The zero-order valence-electron chi connectivity index (χ0n) is 9.42. The van der Waals surface area contributed by atoms with E-state index in [9.17, 15) is 4.79 Å². The standard InChI is InChI=1S/C12H18N2O/c1-3-14-8-4-5-11(14)10-6-7-12(15)13-9(10)2/h6-7,11H,3-5,8H2,1-2H3,(H,13,15)/t11-/m0/s1. The second-order valence-electron chi connectivity index (χ2n) is 4.19. The molecule has 2 heterocycles. The lowest BCUT2D eigenvalue weighted by Gasteiger charge is -2.24. The molecule has 0 amide bonds. The van der Waals surface area contributed by atoms with Crippen molar-refractivity contribution in [1.29, 1.82) is 0 Å². The molecule has 15 heavy (non-hydrogen) atoms. The molecular weight excluding hydrogens is 188 g/mol. The first-order valence-electron chi connectivity index (χ1n) is 5.66. The van der Waals surface area contributed by atoms with E-state index in [0.29, 0.717) is 6.04 Å². The molecular formula is C12H18N2O. The number of likely N-dealkylation sites (tertiary alicyclic amines) is 1. The van der Waals surface area contributed by atoms with E-state index in [4.69, 9.17) is 0 Å².